The molecule has 2 fully saturated rings. The van der Waals surface area contributed by atoms with E-state index in [4.69, 9.17) is 0 Å². The molecule has 0 bridgehead atoms. The molecule has 3 rings (SSSR count). The van der Waals surface area contributed by atoms with Crippen LogP contribution in [-0.2, 0) is 9.59 Å². The topological polar surface area (TPSA) is 99.6 Å². The molecule has 1 saturated carbocycles. The highest BCUT2D eigenvalue weighted by Gasteiger charge is 2.48. The van der Waals surface area contributed by atoms with E-state index < -0.39 is 12.0 Å². The summed E-state index contributed by atoms with van der Waals surface area (Å²) in [7, 11) is 0. The van der Waals surface area contributed by atoms with Crippen LogP contribution in [0.5, 0.6) is 0 Å². The van der Waals surface area contributed by atoms with Crippen molar-refractivity contribution < 1.29 is 19.5 Å². The monoisotopic (exact) mass is 337 g/mol. The summed E-state index contributed by atoms with van der Waals surface area (Å²) in [5, 5.41) is 14.0. The second kappa shape index (κ2) is 6.27. The minimum atomic E-state index is -0.954. The van der Waals surface area contributed by atoms with Crippen LogP contribution in [0, 0.1) is 5.92 Å². The van der Waals surface area contributed by atoms with Crippen LogP contribution in [0.25, 0.3) is 0 Å². The molecule has 0 aromatic carbocycles. The minimum Gasteiger partial charge on any atom is -0.480 e. The number of hydrogen-bond acceptors (Lipinski definition) is 5. The van der Waals surface area contributed by atoms with Crippen LogP contribution in [-0.4, -0.2) is 44.9 Å². The van der Waals surface area contributed by atoms with Crippen molar-refractivity contribution in [3.63, 3.8) is 0 Å². The van der Waals surface area contributed by atoms with Crippen LogP contribution in [0.4, 0.5) is 5.13 Å². The maximum absolute atomic E-state index is 12.8. The van der Waals surface area contributed by atoms with E-state index in [1.54, 1.807) is 5.38 Å². The number of carbonyl (C=O) groups is 3. The summed E-state index contributed by atoms with van der Waals surface area (Å²) < 4.78 is 0. The Morgan fingerprint density at radius 1 is 1.35 bits per heavy atom. The number of fused-ring (bicyclic) bond motifs is 1. The molecule has 1 aromatic rings. The fourth-order valence-corrected chi connectivity index (χ4v) is 4.42. The van der Waals surface area contributed by atoms with Gasteiger partial charge in [-0.25, -0.2) is 9.78 Å². The molecular formula is C15H19N3O4S. The molecule has 7 nitrogen and oxygen atoms in total. The molecule has 23 heavy (non-hydrogen) atoms. The van der Waals surface area contributed by atoms with Gasteiger partial charge in [-0.05, 0) is 25.2 Å². The fraction of sp³-hybridized carbons (Fsp3) is 0.600. The third-order valence-electron chi connectivity index (χ3n) is 4.61. The predicted octanol–water partition coefficient (Wildman–Crippen LogP) is 1.96. The van der Waals surface area contributed by atoms with Crippen molar-refractivity contribution in [1.82, 2.24) is 9.88 Å². The van der Waals surface area contributed by atoms with Crippen molar-refractivity contribution in [2.75, 3.05) is 5.32 Å². The van der Waals surface area contributed by atoms with Gasteiger partial charge in [-0.15, -0.1) is 11.3 Å². The second-order valence-corrected chi connectivity index (χ2v) is 6.99. The van der Waals surface area contributed by atoms with Crippen molar-refractivity contribution in [3.05, 3.63) is 11.1 Å². The highest BCUT2D eigenvalue weighted by molar-refractivity contribution is 7.14. The van der Waals surface area contributed by atoms with E-state index in [0.29, 0.717) is 11.6 Å². The lowest BCUT2D eigenvalue weighted by molar-refractivity contribution is -0.141. The van der Waals surface area contributed by atoms with E-state index >= 15 is 0 Å². The molecule has 1 aromatic heterocycles. The van der Waals surface area contributed by atoms with Gasteiger partial charge in [0.2, 0.25) is 5.91 Å². The molecule has 2 amide bonds. The lowest BCUT2D eigenvalue weighted by Gasteiger charge is -2.32. The minimum absolute atomic E-state index is 0.0109. The Morgan fingerprint density at radius 2 is 2.09 bits per heavy atom. The smallest absolute Gasteiger partial charge is 0.326 e. The lowest BCUT2D eigenvalue weighted by atomic mass is 9.84. The van der Waals surface area contributed by atoms with Gasteiger partial charge in [0.05, 0.1) is 0 Å². The largest absolute Gasteiger partial charge is 0.480 e. The average Bonchev–Trinajstić information content (AvgIpc) is 3.10. The number of likely N-dealkylation sites (tertiary alicyclic amines) is 1. The Morgan fingerprint density at radius 3 is 2.78 bits per heavy atom. The number of hydrogen-bond donors (Lipinski definition) is 2. The normalized spacial score (nSPS) is 26.7. The van der Waals surface area contributed by atoms with E-state index in [-0.39, 0.29) is 29.5 Å². The first kappa shape index (κ1) is 15.9. The Labute approximate surface area is 137 Å². The van der Waals surface area contributed by atoms with Crippen molar-refractivity contribution in [2.24, 2.45) is 5.92 Å². The number of aliphatic carboxylic acids is 1. The second-order valence-electron chi connectivity index (χ2n) is 6.13. The van der Waals surface area contributed by atoms with E-state index in [1.807, 2.05) is 0 Å². The first-order chi connectivity index (χ1) is 11.0. The van der Waals surface area contributed by atoms with Gasteiger partial charge in [-0.2, -0.15) is 0 Å². The van der Waals surface area contributed by atoms with Crippen LogP contribution < -0.4 is 5.32 Å². The Kier molecular flexibility index (Phi) is 4.34. The number of carboxylic acid groups (broad SMARTS) is 1. The molecule has 1 aliphatic heterocycles. The highest BCUT2D eigenvalue weighted by atomic mass is 32.1. The first-order valence-corrected chi connectivity index (χ1v) is 8.64. The summed E-state index contributed by atoms with van der Waals surface area (Å²) in [6.45, 7) is 1.37. The van der Waals surface area contributed by atoms with Crippen molar-refractivity contribution in [3.8, 4) is 0 Å². The Hall–Kier alpha value is -1.96. The van der Waals surface area contributed by atoms with E-state index in [9.17, 15) is 19.5 Å². The van der Waals surface area contributed by atoms with E-state index in [1.165, 1.54) is 23.2 Å². The van der Waals surface area contributed by atoms with Gasteiger partial charge in [-0.3, -0.25) is 9.59 Å². The maximum Gasteiger partial charge on any atom is 0.326 e. The zero-order valence-corrected chi connectivity index (χ0v) is 13.6. The average molecular weight is 337 g/mol. The zero-order chi connectivity index (χ0) is 16.6. The molecule has 0 unspecified atom stereocenters. The molecule has 2 N–H and O–H groups in total. The summed E-state index contributed by atoms with van der Waals surface area (Å²) in [5.74, 6) is -1.29. The standard InChI is InChI=1S/C15H19N3O4S/c1-8(19)16-15-17-10(7-23-15)13(20)18-11-5-3-2-4-9(11)6-12(18)14(21)22/h7,9,11-12H,2-6H2,1H3,(H,21,22)(H,16,17,19)/t9-,11-,12-/m0/s1. The fourth-order valence-electron chi connectivity index (χ4n) is 3.68. The van der Waals surface area contributed by atoms with Crippen molar-refractivity contribution in [1.29, 1.82) is 0 Å². The number of nitrogens with one attached hydrogen (secondary N) is 1. The molecule has 1 aliphatic carbocycles. The molecule has 2 heterocycles. The number of anilines is 1. The number of aromatic nitrogens is 1. The number of amides is 2. The summed E-state index contributed by atoms with van der Waals surface area (Å²) >= 11 is 1.17. The number of carbonyl (C=O) groups excluding carboxylic acids is 2. The number of rotatable bonds is 3. The zero-order valence-electron chi connectivity index (χ0n) is 12.8. The van der Waals surface area contributed by atoms with E-state index in [0.717, 1.165) is 25.7 Å². The van der Waals surface area contributed by atoms with Crippen molar-refractivity contribution in [2.45, 2.75) is 51.1 Å². The summed E-state index contributed by atoms with van der Waals surface area (Å²) in [6.07, 6.45) is 4.47. The first-order valence-electron chi connectivity index (χ1n) is 7.76. The summed E-state index contributed by atoms with van der Waals surface area (Å²) in [6, 6.07) is -0.787. The summed E-state index contributed by atoms with van der Waals surface area (Å²) in [4.78, 5) is 41.1. The van der Waals surface area contributed by atoms with Gasteiger partial charge in [0.15, 0.2) is 5.13 Å². The third kappa shape index (κ3) is 3.08. The quantitative estimate of drug-likeness (QED) is 0.878. The van der Waals surface area contributed by atoms with Gasteiger partial charge >= 0.3 is 5.97 Å². The molecule has 2 aliphatic rings. The lowest BCUT2D eigenvalue weighted by Crippen LogP contribution is -2.46. The van der Waals surface area contributed by atoms with Gasteiger partial charge in [0.1, 0.15) is 11.7 Å². The molecule has 124 valence electrons. The Bertz CT molecular complexity index is 644. The number of nitrogens with zero attached hydrogens (tertiary/aromatic N) is 2. The van der Waals surface area contributed by atoms with Crippen LogP contribution >= 0.6 is 11.3 Å². The SMILES string of the molecule is CC(=O)Nc1nc(C(=O)N2[C@H](C(=O)O)C[C@@H]3CCCC[C@@H]32)cs1. The van der Waals surface area contributed by atoms with Gasteiger partial charge < -0.3 is 15.3 Å². The maximum atomic E-state index is 12.8. The Balaban J connectivity index is 1.84. The van der Waals surface area contributed by atoms with Crippen LogP contribution in [0.2, 0.25) is 0 Å². The molecule has 3 atom stereocenters. The number of carboxylic acids is 1. The van der Waals surface area contributed by atoms with Gasteiger partial charge in [0.25, 0.3) is 5.91 Å². The molecule has 0 radical (unpaired) electrons. The van der Waals surface area contributed by atoms with Gasteiger partial charge in [-0.1, -0.05) is 12.8 Å². The van der Waals surface area contributed by atoms with E-state index in [2.05, 4.69) is 10.3 Å². The van der Waals surface area contributed by atoms with Crippen LogP contribution in [0.3, 0.4) is 0 Å². The molecule has 1 saturated heterocycles. The van der Waals surface area contributed by atoms with Crippen LogP contribution in [0.1, 0.15) is 49.5 Å². The number of thiazole rings is 1. The summed E-state index contributed by atoms with van der Waals surface area (Å²) in [5.41, 5.74) is 0.205. The van der Waals surface area contributed by atoms with Crippen LogP contribution in [0.15, 0.2) is 5.38 Å². The van der Waals surface area contributed by atoms with Crippen molar-refractivity contribution >= 4 is 34.3 Å². The molecule has 8 heteroatoms. The predicted molar refractivity (Wildman–Crippen MR) is 84.4 cm³/mol. The molecular weight excluding hydrogens is 318 g/mol. The molecule has 0 spiro atoms. The van der Waals surface area contributed by atoms with Gasteiger partial charge in [0, 0.05) is 18.3 Å². The highest BCUT2D eigenvalue weighted by Crippen LogP contribution is 2.40. The third-order valence-corrected chi connectivity index (χ3v) is 5.37.